The van der Waals surface area contributed by atoms with E-state index in [-0.39, 0.29) is 12.8 Å². The first-order valence-corrected chi connectivity index (χ1v) is 18.8. The smallest absolute Gasteiger partial charge is 0.330 e. The monoisotopic (exact) mass is 726 g/mol. The van der Waals surface area contributed by atoms with Crippen LogP contribution in [0.3, 0.4) is 0 Å². The number of hydrogen-bond donors (Lipinski definition) is 5. The van der Waals surface area contributed by atoms with Gasteiger partial charge < -0.3 is 25.2 Å². The van der Waals surface area contributed by atoms with Crippen LogP contribution in [0.15, 0.2) is 15.8 Å². The van der Waals surface area contributed by atoms with Gasteiger partial charge in [-0.15, -0.1) is 0 Å². The number of ether oxygens (including phenoxy) is 1. The number of carbonyl (C=O) groups is 4. The number of aliphatic carboxylic acids is 2. The minimum Gasteiger partial charge on any atom is -0.481 e. The van der Waals surface area contributed by atoms with Crippen molar-refractivity contribution in [3.63, 3.8) is 0 Å². The molecule has 0 saturated carbocycles. The fraction of sp³-hybridized carbons (Fsp3) is 0.784. The van der Waals surface area contributed by atoms with Gasteiger partial charge in [-0.1, -0.05) is 117 Å². The molecule has 0 spiro atoms. The molecule has 1 fully saturated rings. The molecule has 0 aromatic carbocycles. The molecule has 6 atom stereocenters. The Kier molecular flexibility index (Phi) is 19.5. The van der Waals surface area contributed by atoms with Crippen molar-refractivity contribution in [1.82, 2.24) is 9.55 Å². The highest BCUT2D eigenvalue weighted by Gasteiger charge is 2.57. The number of aliphatic hydroxyl groups excluding tert-OH is 1. The van der Waals surface area contributed by atoms with Gasteiger partial charge in [0.1, 0.15) is 18.4 Å². The van der Waals surface area contributed by atoms with Crippen molar-refractivity contribution in [2.75, 3.05) is 0 Å². The molecule has 290 valence electrons. The molecule has 0 aliphatic carbocycles. The number of H-pyrrole nitrogens is 1. The second-order valence-corrected chi connectivity index (χ2v) is 14.1. The van der Waals surface area contributed by atoms with Crippen LogP contribution in [-0.2, 0) is 23.9 Å². The Hall–Kier alpha value is -3.23. The number of aromatic amines is 1. The predicted octanol–water partition coefficient (Wildman–Crippen LogP) is 5.44. The second-order valence-electron chi connectivity index (χ2n) is 14.1. The van der Waals surface area contributed by atoms with Crippen molar-refractivity contribution in [2.24, 2.45) is 11.8 Å². The number of aliphatic hydroxyl groups is 2. The molecule has 1 saturated heterocycles. The molecule has 1 aliphatic heterocycles. The van der Waals surface area contributed by atoms with E-state index in [2.05, 4.69) is 13.8 Å². The number of hydrogen-bond acceptors (Lipinski definition) is 9. The van der Waals surface area contributed by atoms with E-state index in [1.54, 1.807) is 4.98 Å². The van der Waals surface area contributed by atoms with E-state index in [4.69, 9.17) is 4.74 Å². The van der Waals surface area contributed by atoms with Crippen LogP contribution in [0, 0.1) is 17.7 Å². The minimum atomic E-state index is -2.71. The maximum atomic E-state index is 14.2. The van der Waals surface area contributed by atoms with Crippen molar-refractivity contribution >= 4 is 23.5 Å². The number of nitrogens with zero attached hydrogens (tertiary/aromatic N) is 1. The summed E-state index contributed by atoms with van der Waals surface area (Å²) in [7, 11) is 0. The number of Topliss-reactive ketones (excluding diaryl/α,β-unsaturated/α-hetero) is 2. The minimum absolute atomic E-state index is 0.131. The molecule has 0 bridgehead atoms. The third-order valence-corrected chi connectivity index (χ3v) is 9.98. The maximum absolute atomic E-state index is 14.2. The summed E-state index contributed by atoms with van der Waals surface area (Å²) < 4.78 is 20.4. The summed E-state index contributed by atoms with van der Waals surface area (Å²) in [4.78, 5) is 77.1. The zero-order chi connectivity index (χ0) is 38.0. The van der Waals surface area contributed by atoms with Crippen molar-refractivity contribution in [1.29, 1.82) is 0 Å². The van der Waals surface area contributed by atoms with E-state index in [0.717, 1.165) is 89.9 Å². The van der Waals surface area contributed by atoms with Crippen molar-refractivity contribution in [3.05, 3.63) is 32.9 Å². The predicted molar refractivity (Wildman–Crippen MR) is 187 cm³/mol. The molecule has 1 aromatic rings. The number of unbranched alkanes of at least 4 members (excludes halogenated alkanes) is 14. The zero-order valence-corrected chi connectivity index (χ0v) is 30.3. The van der Waals surface area contributed by atoms with Gasteiger partial charge in [-0.2, -0.15) is 4.39 Å². The topological polar surface area (TPSA) is 213 Å². The second kappa shape index (κ2) is 22.7. The molecular weight excluding hydrogens is 667 g/mol. The molecule has 0 radical (unpaired) electrons. The highest BCUT2D eigenvalue weighted by atomic mass is 19.1. The molecule has 3 unspecified atom stereocenters. The lowest BCUT2D eigenvalue weighted by Gasteiger charge is -2.30. The van der Waals surface area contributed by atoms with Gasteiger partial charge in [0.25, 0.3) is 5.56 Å². The first-order valence-electron chi connectivity index (χ1n) is 18.8. The largest absolute Gasteiger partial charge is 0.481 e. The SMILES string of the molecule is CCCCCCCCCCC(CC(=O)C(O)[C@H]1O[C@@H](n2cc(F)c(=O)[nH]c2=O)C[C@@]1(O)C(=O)CC(CCCCCCCCCC)C(=O)O)C(=O)O. The Bertz CT molecular complexity index is 1380. The van der Waals surface area contributed by atoms with E-state index in [9.17, 15) is 53.6 Å². The van der Waals surface area contributed by atoms with Gasteiger partial charge in [-0.25, -0.2) is 4.79 Å². The van der Waals surface area contributed by atoms with Crippen LogP contribution in [0.4, 0.5) is 4.39 Å². The van der Waals surface area contributed by atoms with E-state index < -0.39 is 95.7 Å². The van der Waals surface area contributed by atoms with Gasteiger partial charge >= 0.3 is 17.6 Å². The molecular formula is C37H59FN2O11. The van der Waals surface area contributed by atoms with Crippen LogP contribution < -0.4 is 11.2 Å². The molecule has 2 heterocycles. The number of aromatic nitrogens is 2. The van der Waals surface area contributed by atoms with Crippen molar-refractivity contribution < 1.29 is 48.7 Å². The van der Waals surface area contributed by atoms with E-state index in [0.29, 0.717) is 23.6 Å². The zero-order valence-electron chi connectivity index (χ0n) is 30.3. The number of halogens is 1. The number of ketones is 2. The van der Waals surface area contributed by atoms with Crippen LogP contribution in [-0.4, -0.2) is 71.3 Å². The summed E-state index contributed by atoms with van der Waals surface area (Å²) in [5.41, 5.74) is -5.19. The van der Waals surface area contributed by atoms with Crippen LogP contribution in [0.25, 0.3) is 0 Å². The summed E-state index contributed by atoms with van der Waals surface area (Å²) in [5.74, 6) is -8.38. The number of rotatable bonds is 28. The highest BCUT2D eigenvalue weighted by molar-refractivity contribution is 5.93. The normalized spacial score (nSPS) is 20.6. The van der Waals surface area contributed by atoms with Crippen LogP contribution in [0.1, 0.15) is 155 Å². The molecule has 51 heavy (non-hydrogen) atoms. The van der Waals surface area contributed by atoms with Gasteiger partial charge in [-0.05, 0) is 12.8 Å². The van der Waals surface area contributed by atoms with E-state index >= 15 is 0 Å². The Balaban J connectivity index is 2.20. The lowest BCUT2D eigenvalue weighted by Crippen LogP contribution is -2.54. The van der Waals surface area contributed by atoms with Gasteiger partial charge in [0.15, 0.2) is 17.2 Å². The summed E-state index contributed by atoms with van der Waals surface area (Å²) in [6.45, 7) is 4.25. The lowest BCUT2D eigenvalue weighted by atomic mass is 9.80. The van der Waals surface area contributed by atoms with Crippen molar-refractivity contribution in [3.8, 4) is 0 Å². The average molecular weight is 727 g/mol. The Morgan fingerprint density at radius 3 is 1.75 bits per heavy atom. The first-order chi connectivity index (χ1) is 24.3. The number of nitrogens with one attached hydrogen (secondary N) is 1. The third kappa shape index (κ3) is 14.0. The first kappa shape index (κ1) is 43.9. The molecule has 5 N–H and O–H groups in total. The molecule has 1 aromatic heterocycles. The van der Waals surface area contributed by atoms with Gasteiger partial charge in [0.2, 0.25) is 5.82 Å². The number of carbonyl (C=O) groups excluding carboxylic acids is 2. The van der Waals surface area contributed by atoms with Crippen molar-refractivity contribution in [2.45, 2.75) is 173 Å². The quantitative estimate of drug-likeness (QED) is 0.0686. The molecule has 13 nitrogen and oxygen atoms in total. The highest BCUT2D eigenvalue weighted by Crippen LogP contribution is 2.41. The molecule has 14 heteroatoms. The summed E-state index contributed by atoms with van der Waals surface area (Å²) in [6, 6.07) is 0. The lowest BCUT2D eigenvalue weighted by molar-refractivity contribution is -0.164. The standard InChI is InChI=1S/C37H59FN2O11/c1-3-5-7-9-11-13-15-17-19-25(34(45)46)21-28(41)31(43)32-37(50,23-30(51-32)40-24-27(38)33(44)39-36(40)49)29(42)22-26(35(47)48)20-18-16-14-12-10-8-6-4-2/h24-26,30-32,43,50H,3-23H2,1-2H3,(H,45,46)(H,47,48)(H,39,44,49)/t25?,26?,30-,31?,32-,37-/m1/s1. The Labute approximate surface area is 299 Å². The van der Waals surface area contributed by atoms with Gasteiger partial charge in [0, 0.05) is 19.3 Å². The summed E-state index contributed by atoms with van der Waals surface area (Å²) in [6.07, 6.45) is 8.20. The van der Waals surface area contributed by atoms with Crippen LogP contribution >= 0.6 is 0 Å². The number of carboxylic acids is 2. The Morgan fingerprint density at radius 1 is 0.824 bits per heavy atom. The summed E-state index contributed by atoms with van der Waals surface area (Å²) in [5, 5.41) is 42.7. The summed E-state index contributed by atoms with van der Waals surface area (Å²) >= 11 is 0. The van der Waals surface area contributed by atoms with Crippen LogP contribution in [0.5, 0.6) is 0 Å². The van der Waals surface area contributed by atoms with E-state index in [1.165, 1.54) is 0 Å². The third-order valence-electron chi connectivity index (χ3n) is 9.98. The van der Waals surface area contributed by atoms with E-state index in [1.807, 2.05) is 0 Å². The fourth-order valence-electron chi connectivity index (χ4n) is 6.77. The number of carboxylic acid groups (broad SMARTS) is 2. The molecule has 1 aliphatic rings. The molecule has 2 rings (SSSR count). The van der Waals surface area contributed by atoms with Crippen LogP contribution in [0.2, 0.25) is 0 Å². The maximum Gasteiger partial charge on any atom is 0.330 e. The average Bonchev–Trinajstić information content (AvgIpc) is 3.44. The Morgan fingerprint density at radius 2 is 1.27 bits per heavy atom. The molecule has 0 amide bonds. The van der Waals surface area contributed by atoms with Gasteiger partial charge in [-0.3, -0.25) is 33.5 Å². The van der Waals surface area contributed by atoms with Gasteiger partial charge in [0.05, 0.1) is 18.0 Å². The fourth-order valence-corrected chi connectivity index (χ4v) is 6.77.